The Morgan fingerprint density at radius 1 is 0.538 bits per heavy atom. The predicted molar refractivity (Wildman–Crippen MR) is 317 cm³/mol. The van der Waals surface area contributed by atoms with E-state index in [0.717, 1.165) is 63.8 Å². The molecule has 4 aromatic heterocycles. The van der Waals surface area contributed by atoms with Gasteiger partial charge in [0.2, 0.25) is 0 Å². The van der Waals surface area contributed by atoms with Crippen molar-refractivity contribution in [2.75, 3.05) is 9.80 Å². The Balaban J connectivity index is 0.000000373. The molecule has 5 aromatic carbocycles. The number of benzene rings is 5. The third-order valence-electron chi connectivity index (χ3n) is 11.7. The van der Waals surface area contributed by atoms with Crippen LogP contribution >= 0.6 is 24.4 Å². The molecule has 0 aliphatic carbocycles. The number of carbonyl (C=O) groups is 2. The van der Waals surface area contributed by atoms with Crippen molar-refractivity contribution in [3.8, 4) is 22.8 Å². The normalized spacial score (nSPS) is 10.4. The summed E-state index contributed by atoms with van der Waals surface area (Å²) < 4.78 is 0. The number of pyridine rings is 4. The van der Waals surface area contributed by atoms with E-state index in [9.17, 15) is 9.59 Å². The molecule has 0 fully saturated rings. The topological polar surface area (TPSA) is 177 Å². The van der Waals surface area contributed by atoms with Gasteiger partial charge in [-0.25, -0.2) is 9.59 Å². The molecule has 0 bridgehead atoms. The minimum Gasteiger partial charge on any atom is -0.753 e. The van der Waals surface area contributed by atoms with Crippen molar-refractivity contribution < 1.29 is 39.3 Å². The minimum atomic E-state index is -1.08. The Morgan fingerprint density at radius 2 is 0.974 bits per heavy atom. The SMILES string of the molecule is C=CCCC(c1ccnc(-c2cc(/C=C/c3ccc(N(c4ccccc4)c4cccc(C)c4)cc3)ccn2)c1)N(c1ccccc1)c1cccc(C)c1.O=C(O)c1ccnc(-c2cc(C(=O)O)ccn2)c1.[N-]=C=S.[N-]=C=S.[Ru+2]. The molecule has 9 aromatic rings. The molecule has 1 unspecified atom stereocenters. The molecule has 0 spiro atoms. The number of thiocarbonyl (C=S) groups is 2. The number of para-hydroxylation sites is 2. The molecule has 15 heteroatoms. The van der Waals surface area contributed by atoms with Crippen molar-refractivity contribution >= 4 is 87.3 Å². The number of carboxylic acid groups (broad SMARTS) is 2. The quantitative estimate of drug-likeness (QED) is 0.0406. The minimum absolute atomic E-state index is 0. The number of anilines is 5. The zero-order valence-corrected chi connectivity index (χ0v) is 45.9. The molecule has 2 N–H and O–H groups in total. The summed E-state index contributed by atoms with van der Waals surface area (Å²) in [5.41, 5.74) is 13.9. The van der Waals surface area contributed by atoms with Gasteiger partial charge in [-0.15, -0.1) is 6.58 Å². The third-order valence-corrected chi connectivity index (χ3v) is 11.7. The second-order valence-electron chi connectivity index (χ2n) is 17.0. The van der Waals surface area contributed by atoms with Crippen LogP contribution in [-0.4, -0.2) is 52.4 Å². The Morgan fingerprint density at radius 3 is 1.50 bits per heavy atom. The molecule has 9 rings (SSSR count). The third kappa shape index (κ3) is 17.2. The van der Waals surface area contributed by atoms with Crippen LogP contribution in [0.2, 0.25) is 0 Å². The molecule has 4 heterocycles. The molecule has 388 valence electrons. The first kappa shape index (κ1) is 59.8. The van der Waals surface area contributed by atoms with Crippen LogP contribution in [0.5, 0.6) is 0 Å². The first-order valence-corrected chi connectivity index (χ1v) is 24.8. The monoisotopic (exact) mass is 1150 g/mol. The summed E-state index contributed by atoms with van der Waals surface area (Å²) in [6.45, 7) is 8.32. The van der Waals surface area contributed by atoms with E-state index in [-0.39, 0.29) is 36.6 Å². The Labute approximate surface area is 478 Å². The molecule has 0 saturated heterocycles. The van der Waals surface area contributed by atoms with Crippen LogP contribution in [0.3, 0.4) is 0 Å². The molecule has 0 saturated carbocycles. The second-order valence-corrected chi connectivity index (χ2v) is 17.3. The van der Waals surface area contributed by atoms with Crippen molar-refractivity contribution in [3.05, 3.63) is 269 Å². The molecule has 78 heavy (non-hydrogen) atoms. The van der Waals surface area contributed by atoms with Gasteiger partial charge in [0.15, 0.2) is 0 Å². The fourth-order valence-electron chi connectivity index (χ4n) is 8.21. The average Bonchev–Trinajstić information content (AvgIpc) is 3.47. The summed E-state index contributed by atoms with van der Waals surface area (Å²) >= 11 is 7.40. The Bertz CT molecular complexity index is 3450. The standard InChI is InChI=1S/C49H44N4.C12H8N2O4.2CNS.Ru/c1-4-5-22-49(53(43-18-10-7-11-19-43)46-21-13-15-38(3)34-46)41-30-32-51-48(36-41)47-35-40(29-31-50-47)24-23-39-25-27-44(28-26-39)52(42-16-8-6-9-17-42)45-20-12-14-37(2)33-45;15-11(16)7-1-3-13-9(5-7)10-6-8(12(17)18)2-4-14-10;2*2-1-3;/h4,6-21,23-36,49H,1,5,22H2,2-3H3;1-6H,(H,15,16)(H,17,18);;;/q;;2*-1;+2/b24-23+;;;;. The van der Waals surface area contributed by atoms with Crippen LogP contribution in [0.4, 0.5) is 28.4 Å². The Kier molecular flexibility index (Phi) is 23.9. The summed E-state index contributed by atoms with van der Waals surface area (Å²) in [4.78, 5) is 43.9. The molecular formula is C63H52N8O4RuS2. The van der Waals surface area contributed by atoms with Crippen molar-refractivity contribution in [3.63, 3.8) is 0 Å². The fourth-order valence-corrected chi connectivity index (χ4v) is 8.21. The number of allylic oxidation sites excluding steroid dienone is 1. The van der Waals surface area contributed by atoms with Crippen LogP contribution in [-0.2, 0) is 19.5 Å². The number of aromatic carboxylic acids is 2. The van der Waals surface area contributed by atoms with E-state index in [0.29, 0.717) is 11.4 Å². The zero-order valence-electron chi connectivity index (χ0n) is 42.5. The van der Waals surface area contributed by atoms with Gasteiger partial charge in [-0.05, 0) is 164 Å². The first-order valence-electron chi connectivity index (χ1n) is 24.0. The van der Waals surface area contributed by atoms with E-state index in [2.05, 4.69) is 228 Å². The summed E-state index contributed by atoms with van der Waals surface area (Å²) in [6.07, 6.45) is 14.5. The molecule has 12 nitrogen and oxygen atoms in total. The maximum absolute atomic E-state index is 10.8. The number of nitrogens with zero attached hydrogens (tertiary/aromatic N) is 8. The molecule has 0 aliphatic heterocycles. The molecule has 0 radical (unpaired) electrons. The second kappa shape index (κ2) is 31.1. The first-order chi connectivity index (χ1) is 37.5. The summed E-state index contributed by atoms with van der Waals surface area (Å²) in [7, 11) is 0. The largest absolute Gasteiger partial charge is 2.00 e. The van der Waals surface area contributed by atoms with E-state index in [4.69, 9.17) is 31.0 Å². The van der Waals surface area contributed by atoms with Gasteiger partial charge in [0.1, 0.15) is 0 Å². The number of rotatable bonds is 16. The number of hydrogen-bond donors (Lipinski definition) is 2. The molecule has 0 aliphatic rings. The average molecular weight is 1150 g/mol. The van der Waals surface area contributed by atoms with Crippen LogP contribution in [0.1, 0.15) is 67.4 Å². The molecule has 0 amide bonds. The van der Waals surface area contributed by atoms with Crippen molar-refractivity contribution in [1.29, 1.82) is 0 Å². The number of aryl methyl sites for hydroxylation is 2. The maximum atomic E-state index is 10.8. The van der Waals surface area contributed by atoms with Crippen molar-refractivity contribution in [2.45, 2.75) is 32.7 Å². The predicted octanol–water partition coefficient (Wildman–Crippen LogP) is 16.1. The van der Waals surface area contributed by atoms with Crippen LogP contribution in [0.25, 0.3) is 45.7 Å². The van der Waals surface area contributed by atoms with Crippen molar-refractivity contribution in [2.24, 2.45) is 0 Å². The van der Waals surface area contributed by atoms with Gasteiger partial charge >= 0.3 is 31.4 Å². The van der Waals surface area contributed by atoms with E-state index in [1.54, 1.807) is 0 Å². The van der Waals surface area contributed by atoms with E-state index in [1.807, 2.05) is 24.5 Å². The molecule has 1 atom stereocenters. The number of hydrogen-bond acceptors (Lipinski definition) is 10. The summed E-state index contributed by atoms with van der Waals surface area (Å²) in [6, 6.07) is 61.1. The van der Waals surface area contributed by atoms with Gasteiger partial charge in [0, 0.05) is 53.2 Å². The molecular weight excluding hydrogens is 1100 g/mol. The number of aromatic nitrogens is 4. The maximum Gasteiger partial charge on any atom is 2.00 e. The van der Waals surface area contributed by atoms with Crippen LogP contribution in [0.15, 0.2) is 219 Å². The summed E-state index contributed by atoms with van der Waals surface area (Å²) in [5.74, 6) is -2.15. The zero-order chi connectivity index (χ0) is 54.9. The van der Waals surface area contributed by atoms with Gasteiger partial charge < -0.3 is 30.8 Å². The van der Waals surface area contributed by atoms with Gasteiger partial charge in [-0.3, -0.25) is 19.9 Å². The van der Waals surface area contributed by atoms with Gasteiger partial charge in [-0.2, -0.15) is 10.3 Å². The van der Waals surface area contributed by atoms with Gasteiger partial charge in [0.25, 0.3) is 0 Å². The van der Waals surface area contributed by atoms with E-state index in [1.165, 1.54) is 63.7 Å². The van der Waals surface area contributed by atoms with E-state index < -0.39 is 11.9 Å². The summed E-state index contributed by atoms with van der Waals surface area (Å²) in [5, 5.41) is 34.6. The Hall–Kier alpha value is -9.06. The van der Waals surface area contributed by atoms with Crippen LogP contribution in [0, 0.1) is 13.8 Å². The number of isothiocyanates is 2. The van der Waals surface area contributed by atoms with Crippen LogP contribution < -0.4 is 9.80 Å². The number of carboxylic acids is 2. The van der Waals surface area contributed by atoms with Gasteiger partial charge in [0.05, 0.1) is 39.9 Å². The van der Waals surface area contributed by atoms with E-state index >= 15 is 0 Å². The fraction of sp³-hybridized carbons (Fsp3) is 0.0794. The van der Waals surface area contributed by atoms with Gasteiger partial charge in [-0.1, -0.05) is 115 Å². The van der Waals surface area contributed by atoms with Crippen molar-refractivity contribution in [1.82, 2.24) is 19.9 Å². The smallest absolute Gasteiger partial charge is 0.753 e.